The molecule has 0 saturated heterocycles. The molecule has 0 spiro atoms. The summed E-state index contributed by atoms with van der Waals surface area (Å²) in [6.45, 7) is 3.29. The number of amides is 2. The zero-order valence-corrected chi connectivity index (χ0v) is 15.7. The van der Waals surface area contributed by atoms with Crippen LogP contribution in [0.1, 0.15) is 12.5 Å². The lowest BCUT2D eigenvalue weighted by atomic mass is 10.1. The van der Waals surface area contributed by atoms with E-state index < -0.39 is 11.8 Å². The summed E-state index contributed by atoms with van der Waals surface area (Å²) in [4.78, 5) is 14.4. The lowest BCUT2D eigenvalue weighted by molar-refractivity contribution is 0.252. The molecule has 2 aromatic carbocycles. The molecule has 1 aliphatic rings. The van der Waals surface area contributed by atoms with E-state index in [9.17, 15) is 9.18 Å². The Morgan fingerprint density at radius 2 is 1.93 bits per heavy atom. The number of halogens is 1. The number of hydrogen-bond donors (Lipinski definition) is 2. The number of hydrogen-bond acceptors (Lipinski definition) is 4. The van der Waals surface area contributed by atoms with Gasteiger partial charge in [-0.15, -0.1) is 0 Å². The first-order valence-electron chi connectivity index (χ1n) is 8.84. The Morgan fingerprint density at radius 3 is 2.67 bits per heavy atom. The molecule has 0 fully saturated rings. The first kappa shape index (κ1) is 18.8. The van der Waals surface area contributed by atoms with Crippen molar-refractivity contribution in [2.45, 2.75) is 19.4 Å². The number of carbonyl (C=O) groups is 1. The number of urea groups is 1. The van der Waals surface area contributed by atoms with Crippen LogP contribution in [0.25, 0.3) is 0 Å². The minimum Gasteiger partial charge on any atom is -0.493 e. The summed E-state index contributed by atoms with van der Waals surface area (Å²) < 4.78 is 24.3. The van der Waals surface area contributed by atoms with Gasteiger partial charge in [0.05, 0.1) is 19.9 Å². The molecule has 1 heterocycles. The lowest BCUT2D eigenvalue weighted by Gasteiger charge is -2.25. The van der Waals surface area contributed by atoms with Crippen LogP contribution in [-0.4, -0.2) is 39.4 Å². The van der Waals surface area contributed by atoms with Gasteiger partial charge in [0, 0.05) is 37.0 Å². The fourth-order valence-electron chi connectivity index (χ4n) is 3.38. The smallest absolute Gasteiger partial charge is 0.319 e. The largest absolute Gasteiger partial charge is 0.493 e. The molecule has 27 heavy (non-hydrogen) atoms. The number of nitrogens with one attached hydrogen (secondary N) is 2. The number of para-hydroxylation sites is 1. The van der Waals surface area contributed by atoms with E-state index in [0.717, 1.165) is 6.42 Å². The van der Waals surface area contributed by atoms with E-state index in [1.54, 1.807) is 0 Å². The fourth-order valence-corrected chi connectivity index (χ4v) is 3.38. The van der Waals surface area contributed by atoms with Gasteiger partial charge in [0.1, 0.15) is 0 Å². The number of benzene rings is 2. The van der Waals surface area contributed by atoms with Crippen molar-refractivity contribution in [3.63, 3.8) is 0 Å². The van der Waals surface area contributed by atoms with Crippen molar-refractivity contribution < 1.29 is 18.7 Å². The van der Waals surface area contributed by atoms with Gasteiger partial charge < -0.3 is 25.0 Å². The number of rotatable bonds is 6. The van der Waals surface area contributed by atoms with Crippen LogP contribution in [0.3, 0.4) is 0 Å². The van der Waals surface area contributed by atoms with E-state index in [0.29, 0.717) is 24.9 Å². The maximum atomic E-state index is 14.1. The second-order valence-electron chi connectivity index (χ2n) is 6.44. The summed E-state index contributed by atoms with van der Waals surface area (Å²) in [6.07, 6.45) is 0.999. The Morgan fingerprint density at radius 1 is 1.22 bits per heavy atom. The van der Waals surface area contributed by atoms with E-state index in [1.807, 2.05) is 12.1 Å². The van der Waals surface area contributed by atoms with E-state index in [1.165, 1.54) is 37.6 Å². The Bertz CT molecular complexity index is 828. The minimum absolute atomic E-state index is 0.0324. The number of methoxy groups -OCH3 is 2. The van der Waals surface area contributed by atoms with Gasteiger partial charge in [0.15, 0.2) is 17.3 Å². The molecule has 0 bridgehead atoms. The zero-order valence-electron chi connectivity index (χ0n) is 15.7. The summed E-state index contributed by atoms with van der Waals surface area (Å²) in [5, 5.41) is 5.29. The van der Waals surface area contributed by atoms with Crippen LogP contribution in [0.4, 0.5) is 20.6 Å². The highest BCUT2D eigenvalue weighted by Gasteiger charge is 2.24. The first-order valence-corrected chi connectivity index (χ1v) is 8.84. The van der Waals surface area contributed by atoms with Crippen LogP contribution in [0, 0.1) is 5.82 Å². The van der Waals surface area contributed by atoms with Gasteiger partial charge in [0.25, 0.3) is 0 Å². The Labute approximate surface area is 158 Å². The molecule has 7 heteroatoms. The zero-order chi connectivity index (χ0) is 19.4. The molecule has 3 rings (SSSR count). The van der Waals surface area contributed by atoms with Crippen LogP contribution in [0.5, 0.6) is 11.5 Å². The van der Waals surface area contributed by atoms with E-state index in [-0.39, 0.29) is 11.4 Å². The number of ether oxygens (including phenoxy) is 2. The summed E-state index contributed by atoms with van der Waals surface area (Å²) in [6, 6.07) is 10.8. The standard InChI is InChI=1S/C20H24FN3O3/c1-13-10-14-6-4-5-7-17(14)24(13)9-8-22-20(25)23-16-12-19(27-3)18(26-2)11-15(16)21/h4-7,11-13H,8-10H2,1-3H3,(H2,22,23,25). The topological polar surface area (TPSA) is 62.8 Å². The first-order chi connectivity index (χ1) is 13.0. The second kappa shape index (κ2) is 8.16. The molecule has 0 aliphatic carbocycles. The van der Waals surface area contributed by atoms with Gasteiger partial charge in [-0.05, 0) is 25.0 Å². The van der Waals surface area contributed by atoms with Gasteiger partial charge in [0.2, 0.25) is 0 Å². The van der Waals surface area contributed by atoms with Crippen LogP contribution in [0.15, 0.2) is 36.4 Å². The third-order valence-corrected chi connectivity index (χ3v) is 4.71. The van der Waals surface area contributed by atoms with Gasteiger partial charge >= 0.3 is 6.03 Å². The van der Waals surface area contributed by atoms with Crippen molar-refractivity contribution in [2.24, 2.45) is 0 Å². The van der Waals surface area contributed by atoms with Gasteiger partial charge in [-0.2, -0.15) is 0 Å². The van der Waals surface area contributed by atoms with Gasteiger partial charge in [-0.25, -0.2) is 9.18 Å². The highest BCUT2D eigenvalue weighted by atomic mass is 19.1. The van der Waals surface area contributed by atoms with Gasteiger partial charge in [-0.3, -0.25) is 0 Å². The summed E-state index contributed by atoms with van der Waals surface area (Å²) in [7, 11) is 2.88. The second-order valence-corrected chi connectivity index (χ2v) is 6.44. The summed E-state index contributed by atoms with van der Waals surface area (Å²) in [5.74, 6) is 0.0178. The third-order valence-electron chi connectivity index (χ3n) is 4.71. The highest BCUT2D eigenvalue weighted by Crippen LogP contribution is 2.32. The van der Waals surface area contributed by atoms with Crippen LogP contribution in [-0.2, 0) is 6.42 Å². The minimum atomic E-state index is -0.593. The quantitative estimate of drug-likeness (QED) is 0.815. The van der Waals surface area contributed by atoms with Crippen LogP contribution < -0.4 is 25.0 Å². The molecule has 6 nitrogen and oxygen atoms in total. The summed E-state index contributed by atoms with van der Waals surface area (Å²) in [5.41, 5.74) is 2.56. The maximum Gasteiger partial charge on any atom is 0.319 e. The monoisotopic (exact) mass is 373 g/mol. The lowest BCUT2D eigenvalue weighted by Crippen LogP contribution is -2.39. The van der Waals surface area contributed by atoms with Crippen molar-refractivity contribution in [3.05, 3.63) is 47.8 Å². The Kier molecular flexibility index (Phi) is 5.69. The molecule has 0 saturated carbocycles. The third kappa shape index (κ3) is 4.07. The molecule has 0 aromatic heterocycles. The molecule has 1 atom stereocenters. The van der Waals surface area contributed by atoms with E-state index in [2.05, 4.69) is 34.6 Å². The predicted octanol–water partition coefficient (Wildman–Crippen LogP) is 3.42. The molecule has 0 radical (unpaired) electrons. The van der Waals surface area contributed by atoms with Crippen molar-refractivity contribution >= 4 is 17.4 Å². The molecule has 2 aromatic rings. The highest BCUT2D eigenvalue weighted by molar-refractivity contribution is 5.89. The molecular weight excluding hydrogens is 349 g/mol. The normalized spacial score (nSPS) is 15.3. The fraction of sp³-hybridized carbons (Fsp3) is 0.350. The summed E-state index contributed by atoms with van der Waals surface area (Å²) >= 11 is 0. The van der Waals surface area contributed by atoms with Crippen molar-refractivity contribution in [1.82, 2.24) is 5.32 Å². The Balaban J connectivity index is 1.56. The molecule has 144 valence electrons. The van der Waals surface area contributed by atoms with Crippen LogP contribution >= 0.6 is 0 Å². The number of anilines is 2. The van der Waals surface area contributed by atoms with E-state index in [4.69, 9.17) is 9.47 Å². The average Bonchev–Trinajstić information content (AvgIpc) is 2.98. The SMILES string of the molecule is COc1cc(F)c(NC(=O)NCCN2c3ccccc3CC2C)cc1OC. The van der Waals surface area contributed by atoms with E-state index >= 15 is 0 Å². The van der Waals surface area contributed by atoms with Crippen molar-refractivity contribution in [1.29, 1.82) is 0 Å². The number of fused-ring (bicyclic) bond motifs is 1. The van der Waals surface area contributed by atoms with Gasteiger partial charge in [-0.1, -0.05) is 18.2 Å². The molecule has 1 aliphatic heterocycles. The van der Waals surface area contributed by atoms with Crippen LogP contribution in [0.2, 0.25) is 0 Å². The molecule has 1 unspecified atom stereocenters. The molecular formula is C20H24FN3O3. The average molecular weight is 373 g/mol. The predicted molar refractivity (Wildman–Crippen MR) is 103 cm³/mol. The Hall–Kier alpha value is -2.96. The maximum absolute atomic E-state index is 14.1. The van der Waals surface area contributed by atoms with Crippen molar-refractivity contribution in [3.8, 4) is 11.5 Å². The number of carbonyl (C=O) groups excluding carboxylic acids is 1. The molecule has 2 N–H and O–H groups in total. The van der Waals surface area contributed by atoms with Crippen molar-refractivity contribution in [2.75, 3.05) is 37.5 Å². The molecule has 2 amide bonds. The number of nitrogens with zero attached hydrogens (tertiary/aromatic N) is 1.